The molecule has 0 N–H and O–H groups in total. The van der Waals surface area contributed by atoms with Crippen LogP contribution < -0.4 is 0 Å². The van der Waals surface area contributed by atoms with E-state index in [2.05, 4.69) is 0 Å². The third kappa shape index (κ3) is 1.96. The van der Waals surface area contributed by atoms with Crippen molar-refractivity contribution >= 4 is 41.3 Å². The van der Waals surface area contributed by atoms with Gasteiger partial charge in [-0.1, -0.05) is 30.3 Å². The average molecular weight is 277 g/mol. The Balaban J connectivity index is 2.37. The molecule has 0 spiro atoms. The van der Waals surface area contributed by atoms with Crippen LogP contribution in [0.3, 0.4) is 0 Å². The van der Waals surface area contributed by atoms with E-state index in [1.54, 1.807) is 12.1 Å². The van der Waals surface area contributed by atoms with Crippen LogP contribution in [0.25, 0.3) is 21.5 Å². The van der Waals surface area contributed by atoms with E-state index >= 15 is 0 Å². The smallest absolute Gasteiger partial charge is 0.207 e. The number of hydrogen-bond acceptors (Lipinski definition) is 2. The van der Waals surface area contributed by atoms with E-state index in [0.29, 0.717) is 0 Å². The monoisotopic (exact) mass is 276 g/mol. The average Bonchev–Trinajstić information content (AvgIpc) is 2.34. The summed E-state index contributed by atoms with van der Waals surface area (Å²) in [4.78, 5) is 0.131. The summed E-state index contributed by atoms with van der Waals surface area (Å²) in [5, 5.41) is 4.08. The maximum atomic E-state index is 11.3. The van der Waals surface area contributed by atoms with Gasteiger partial charge in [-0.25, -0.2) is 8.42 Å². The number of hydrogen-bond donors (Lipinski definition) is 0. The van der Waals surface area contributed by atoms with Crippen LogP contribution in [0.5, 0.6) is 0 Å². The number of rotatable bonds is 1. The van der Waals surface area contributed by atoms with E-state index in [-0.39, 0.29) is 4.90 Å². The molecule has 0 heterocycles. The highest BCUT2D eigenvalue weighted by atomic mass is 35.7. The molecule has 2 nitrogen and oxygen atoms in total. The molecule has 0 radical (unpaired) electrons. The lowest BCUT2D eigenvalue weighted by atomic mass is 10.0. The van der Waals surface area contributed by atoms with Crippen LogP contribution in [0.1, 0.15) is 0 Å². The quantitative estimate of drug-likeness (QED) is 0.499. The summed E-state index contributed by atoms with van der Waals surface area (Å²) in [5.74, 6) is 0. The van der Waals surface area contributed by atoms with Crippen LogP contribution in [-0.4, -0.2) is 8.42 Å². The van der Waals surface area contributed by atoms with E-state index in [4.69, 9.17) is 10.7 Å². The molecule has 3 rings (SSSR count). The molecule has 0 saturated heterocycles. The summed E-state index contributed by atoms with van der Waals surface area (Å²) < 4.78 is 22.6. The molecule has 18 heavy (non-hydrogen) atoms. The van der Waals surface area contributed by atoms with Gasteiger partial charge in [-0.15, -0.1) is 0 Å². The van der Waals surface area contributed by atoms with E-state index in [0.717, 1.165) is 21.5 Å². The zero-order valence-corrected chi connectivity index (χ0v) is 10.9. The Kier molecular flexibility index (Phi) is 2.54. The normalized spacial score (nSPS) is 12.1. The van der Waals surface area contributed by atoms with Gasteiger partial charge in [0.25, 0.3) is 9.05 Å². The Morgan fingerprint density at radius 3 is 1.89 bits per heavy atom. The van der Waals surface area contributed by atoms with Gasteiger partial charge < -0.3 is 0 Å². The van der Waals surface area contributed by atoms with Crippen LogP contribution in [0, 0.1) is 0 Å². The molecular weight excluding hydrogens is 268 g/mol. The molecule has 0 aliphatic carbocycles. The third-order valence-electron chi connectivity index (χ3n) is 2.96. The molecule has 4 heteroatoms. The van der Waals surface area contributed by atoms with Crippen molar-refractivity contribution in [3.8, 4) is 0 Å². The number of fused-ring (bicyclic) bond motifs is 2. The first-order chi connectivity index (χ1) is 8.54. The van der Waals surface area contributed by atoms with Crippen molar-refractivity contribution in [1.82, 2.24) is 0 Å². The zero-order chi connectivity index (χ0) is 12.8. The molecule has 0 unspecified atom stereocenters. The minimum Gasteiger partial charge on any atom is -0.207 e. The molecule has 90 valence electrons. The summed E-state index contributed by atoms with van der Waals surface area (Å²) in [5.41, 5.74) is 0. The topological polar surface area (TPSA) is 34.1 Å². The second kappa shape index (κ2) is 3.97. The standard InChI is InChI=1S/C14H9ClO2S/c15-18(16,17)14-6-5-12-7-10-3-1-2-4-11(10)8-13(12)9-14/h1-9H. The van der Waals surface area contributed by atoms with Crippen molar-refractivity contribution < 1.29 is 8.42 Å². The fraction of sp³-hybridized carbons (Fsp3) is 0. The first kappa shape index (κ1) is 11.5. The van der Waals surface area contributed by atoms with Crippen molar-refractivity contribution in [2.24, 2.45) is 0 Å². The second-order valence-corrected chi connectivity index (χ2v) is 6.71. The van der Waals surface area contributed by atoms with Gasteiger partial charge in [0, 0.05) is 10.7 Å². The summed E-state index contributed by atoms with van der Waals surface area (Å²) in [6, 6.07) is 16.9. The molecule has 0 atom stereocenters. The number of benzene rings is 3. The van der Waals surface area contributed by atoms with Crippen LogP contribution >= 0.6 is 10.7 Å². The lowest BCUT2D eigenvalue weighted by Crippen LogP contribution is -1.89. The van der Waals surface area contributed by atoms with Gasteiger partial charge in [-0.2, -0.15) is 0 Å². The molecular formula is C14H9ClO2S. The van der Waals surface area contributed by atoms with E-state index < -0.39 is 9.05 Å². The maximum absolute atomic E-state index is 11.3. The van der Waals surface area contributed by atoms with Gasteiger partial charge in [0.1, 0.15) is 0 Å². The highest BCUT2D eigenvalue weighted by Gasteiger charge is 2.10. The third-order valence-corrected chi connectivity index (χ3v) is 4.31. The van der Waals surface area contributed by atoms with E-state index in [1.165, 1.54) is 6.07 Å². The molecule has 0 saturated carbocycles. The van der Waals surface area contributed by atoms with Gasteiger partial charge in [0.05, 0.1) is 4.90 Å². The summed E-state index contributed by atoms with van der Waals surface area (Å²) in [6.07, 6.45) is 0. The van der Waals surface area contributed by atoms with Crippen LogP contribution in [0.2, 0.25) is 0 Å². The summed E-state index contributed by atoms with van der Waals surface area (Å²) in [6.45, 7) is 0. The molecule has 0 fully saturated rings. The largest absolute Gasteiger partial charge is 0.261 e. The molecule has 0 amide bonds. The Labute approximate surface area is 109 Å². The molecule has 3 aromatic carbocycles. The highest BCUT2D eigenvalue weighted by Crippen LogP contribution is 2.26. The van der Waals surface area contributed by atoms with Crippen LogP contribution in [0.4, 0.5) is 0 Å². The second-order valence-electron chi connectivity index (χ2n) is 4.15. The minimum atomic E-state index is -3.68. The molecule has 0 aromatic heterocycles. The fourth-order valence-corrected chi connectivity index (χ4v) is 2.86. The van der Waals surface area contributed by atoms with Crippen LogP contribution in [-0.2, 0) is 9.05 Å². The Morgan fingerprint density at radius 1 is 0.722 bits per heavy atom. The van der Waals surface area contributed by atoms with E-state index in [1.807, 2.05) is 36.4 Å². The first-order valence-corrected chi connectivity index (χ1v) is 7.72. The van der Waals surface area contributed by atoms with E-state index in [9.17, 15) is 8.42 Å². The van der Waals surface area contributed by atoms with Crippen molar-refractivity contribution in [3.05, 3.63) is 54.6 Å². The molecule has 0 bridgehead atoms. The fourth-order valence-electron chi connectivity index (χ4n) is 2.07. The Bertz CT molecular complexity index is 854. The van der Waals surface area contributed by atoms with Crippen LogP contribution in [0.15, 0.2) is 59.5 Å². The maximum Gasteiger partial charge on any atom is 0.261 e. The van der Waals surface area contributed by atoms with Gasteiger partial charge in [-0.05, 0) is 45.8 Å². The minimum absolute atomic E-state index is 0.131. The van der Waals surface area contributed by atoms with Crippen molar-refractivity contribution in [2.75, 3.05) is 0 Å². The summed E-state index contributed by atoms with van der Waals surface area (Å²) in [7, 11) is 1.67. The predicted molar refractivity (Wildman–Crippen MR) is 74.5 cm³/mol. The molecule has 0 aliphatic heterocycles. The van der Waals surface area contributed by atoms with Crippen molar-refractivity contribution in [3.63, 3.8) is 0 Å². The highest BCUT2D eigenvalue weighted by molar-refractivity contribution is 8.13. The zero-order valence-electron chi connectivity index (χ0n) is 9.30. The molecule has 3 aromatic rings. The Hall–Kier alpha value is -1.58. The predicted octanol–water partition coefficient (Wildman–Crippen LogP) is 3.92. The lowest BCUT2D eigenvalue weighted by Gasteiger charge is -2.03. The summed E-state index contributed by atoms with van der Waals surface area (Å²) >= 11 is 0. The van der Waals surface area contributed by atoms with Gasteiger partial charge in [-0.3, -0.25) is 0 Å². The van der Waals surface area contributed by atoms with Gasteiger partial charge in [0.2, 0.25) is 0 Å². The van der Waals surface area contributed by atoms with Gasteiger partial charge in [0.15, 0.2) is 0 Å². The lowest BCUT2D eigenvalue weighted by molar-refractivity contribution is 0.609. The SMILES string of the molecule is O=S(=O)(Cl)c1ccc2cc3ccccc3cc2c1. The Morgan fingerprint density at radius 2 is 1.28 bits per heavy atom. The van der Waals surface area contributed by atoms with Gasteiger partial charge >= 0.3 is 0 Å². The van der Waals surface area contributed by atoms with Crippen molar-refractivity contribution in [2.45, 2.75) is 4.90 Å². The number of halogens is 1. The molecule has 0 aliphatic rings. The first-order valence-electron chi connectivity index (χ1n) is 5.41. The van der Waals surface area contributed by atoms with Crippen molar-refractivity contribution in [1.29, 1.82) is 0 Å².